The van der Waals surface area contributed by atoms with Gasteiger partial charge in [-0.05, 0) is 12.8 Å². The third-order valence-corrected chi connectivity index (χ3v) is 5.10. The van der Waals surface area contributed by atoms with E-state index in [2.05, 4.69) is 39.6 Å². The topological polar surface area (TPSA) is 79.6 Å². The van der Waals surface area contributed by atoms with E-state index in [1.54, 1.807) is 0 Å². The number of morpholine rings is 1. The lowest BCUT2D eigenvalue weighted by molar-refractivity contribution is 0.0389. The quantitative estimate of drug-likeness (QED) is 0.309. The van der Waals surface area contributed by atoms with Gasteiger partial charge in [0.25, 0.3) is 0 Å². The van der Waals surface area contributed by atoms with Crippen molar-refractivity contribution in [2.75, 3.05) is 45.9 Å². The Hall–Kier alpha value is -0.940. The van der Waals surface area contributed by atoms with Gasteiger partial charge < -0.3 is 19.9 Å². The number of aromatic nitrogens is 3. The number of rotatable bonds is 9. The predicted octanol–water partition coefficient (Wildman–Crippen LogP) is 1.55. The van der Waals surface area contributed by atoms with Crippen LogP contribution in [0.1, 0.15) is 38.3 Å². The normalized spacial score (nSPS) is 15.7. The van der Waals surface area contributed by atoms with Gasteiger partial charge in [0, 0.05) is 39.8 Å². The third-order valence-electron chi connectivity index (χ3n) is 5.10. The van der Waals surface area contributed by atoms with Crippen LogP contribution in [0.3, 0.4) is 0 Å². The number of nitrogens with one attached hydrogen (secondary N) is 2. The Kier molecular flexibility index (Phi) is 11.8. The van der Waals surface area contributed by atoms with Crippen molar-refractivity contribution in [3.05, 3.63) is 11.6 Å². The zero-order valence-electron chi connectivity index (χ0n) is 17.2. The molecule has 0 bridgehead atoms. The highest BCUT2D eigenvalue weighted by atomic mass is 127. The van der Waals surface area contributed by atoms with Crippen LogP contribution in [0.15, 0.2) is 4.99 Å². The van der Waals surface area contributed by atoms with Crippen molar-refractivity contribution in [3.8, 4) is 0 Å². The molecule has 156 valence electrons. The third kappa shape index (κ3) is 8.30. The Morgan fingerprint density at radius 3 is 2.48 bits per heavy atom. The summed E-state index contributed by atoms with van der Waals surface area (Å²) < 4.78 is 7.39. The van der Waals surface area contributed by atoms with Gasteiger partial charge in [-0.1, -0.05) is 26.7 Å². The second-order valence-electron chi connectivity index (χ2n) is 6.83. The molecule has 1 aromatic rings. The smallest absolute Gasteiger partial charge is 0.191 e. The van der Waals surface area contributed by atoms with Crippen LogP contribution < -0.4 is 10.6 Å². The van der Waals surface area contributed by atoms with Gasteiger partial charge in [-0.3, -0.25) is 4.90 Å². The molecule has 0 radical (unpaired) electrons. The monoisotopic (exact) mass is 493 g/mol. The molecule has 1 saturated heterocycles. The standard InChI is InChI=1S/C18H35N7O.HI/c1-5-16(6-2)13-20-18(19-7-8-25-9-11-26-12-10-25)21-14-17-23-22-15(3)24(17)4;/h16H,5-14H2,1-4H3,(H2,19,20,21);1H. The fraction of sp³-hybridized carbons (Fsp3) is 0.833. The fourth-order valence-electron chi connectivity index (χ4n) is 2.89. The summed E-state index contributed by atoms with van der Waals surface area (Å²) in [6.07, 6.45) is 2.35. The average Bonchev–Trinajstić information content (AvgIpc) is 2.99. The Labute approximate surface area is 180 Å². The van der Waals surface area contributed by atoms with Crippen LogP contribution in [0.25, 0.3) is 0 Å². The van der Waals surface area contributed by atoms with Gasteiger partial charge in [-0.2, -0.15) is 0 Å². The number of ether oxygens (including phenoxy) is 1. The highest BCUT2D eigenvalue weighted by Crippen LogP contribution is 2.05. The maximum absolute atomic E-state index is 5.40. The van der Waals surface area contributed by atoms with Crippen molar-refractivity contribution in [1.82, 2.24) is 30.3 Å². The first-order chi connectivity index (χ1) is 12.6. The van der Waals surface area contributed by atoms with Gasteiger partial charge in [0.1, 0.15) is 12.4 Å². The molecule has 0 spiro atoms. The van der Waals surface area contributed by atoms with E-state index < -0.39 is 0 Å². The minimum atomic E-state index is 0. The Balaban J connectivity index is 0.00000364. The van der Waals surface area contributed by atoms with Crippen LogP contribution in [-0.4, -0.2) is 71.6 Å². The largest absolute Gasteiger partial charge is 0.379 e. The van der Waals surface area contributed by atoms with E-state index in [1.807, 2.05) is 18.5 Å². The molecule has 1 aliphatic rings. The summed E-state index contributed by atoms with van der Waals surface area (Å²) in [5.41, 5.74) is 0. The Bertz CT molecular complexity index is 554. The lowest BCUT2D eigenvalue weighted by Gasteiger charge is -2.27. The summed E-state index contributed by atoms with van der Waals surface area (Å²) >= 11 is 0. The summed E-state index contributed by atoms with van der Waals surface area (Å²) in [5.74, 6) is 3.30. The van der Waals surface area contributed by atoms with Crippen molar-refractivity contribution in [2.24, 2.45) is 18.0 Å². The lowest BCUT2D eigenvalue weighted by atomic mass is 10.0. The van der Waals surface area contributed by atoms with Crippen molar-refractivity contribution in [1.29, 1.82) is 0 Å². The molecule has 1 aromatic heterocycles. The second-order valence-corrected chi connectivity index (χ2v) is 6.83. The van der Waals surface area contributed by atoms with Crippen LogP contribution in [0.4, 0.5) is 0 Å². The molecule has 2 rings (SSSR count). The number of aliphatic imine (C=N–C) groups is 1. The van der Waals surface area contributed by atoms with Crippen molar-refractivity contribution >= 4 is 29.9 Å². The molecule has 1 aliphatic heterocycles. The van der Waals surface area contributed by atoms with Crippen molar-refractivity contribution in [3.63, 3.8) is 0 Å². The first-order valence-corrected chi connectivity index (χ1v) is 9.81. The SMILES string of the molecule is CCC(CC)CNC(=NCc1nnc(C)n1C)NCCN1CCOCC1.I. The van der Waals surface area contributed by atoms with Crippen molar-refractivity contribution < 1.29 is 4.74 Å². The zero-order chi connectivity index (χ0) is 18.8. The summed E-state index contributed by atoms with van der Waals surface area (Å²) in [5, 5.41) is 15.3. The van der Waals surface area contributed by atoms with Crippen molar-refractivity contribution in [2.45, 2.75) is 40.2 Å². The first-order valence-electron chi connectivity index (χ1n) is 9.81. The maximum atomic E-state index is 5.40. The molecule has 1 fully saturated rings. The van der Waals surface area contributed by atoms with Crippen LogP contribution in [-0.2, 0) is 18.3 Å². The second kappa shape index (κ2) is 13.3. The minimum Gasteiger partial charge on any atom is -0.379 e. The first kappa shape index (κ1) is 24.1. The fourth-order valence-corrected chi connectivity index (χ4v) is 2.89. The van der Waals surface area contributed by atoms with Gasteiger partial charge in [-0.15, -0.1) is 34.2 Å². The number of hydrogen-bond donors (Lipinski definition) is 2. The summed E-state index contributed by atoms with van der Waals surface area (Å²) in [6, 6.07) is 0. The molecule has 9 heteroatoms. The van der Waals surface area contributed by atoms with E-state index in [1.165, 1.54) is 12.8 Å². The minimum absolute atomic E-state index is 0. The van der Waals surface area contributed by atoms with E-state index in [0.29, 0.717) is 12.5 Å². The number of hydrogen-bond acceptors (Lipinski definition) is 5. The number of nitrogens with zero attached hydrogens (tertiary/aromatic N) is 5. The van der Waals surface area contributed by atoms with Gasteiger partial charge in [0.2, 0.25) is 0 Å². The molecule has 0 aliphatic carbocycles. The lowest BCUT2D eigenvalue weighted by Crippen LogP contribution is -2.45. The molecule has 2 N–H and O–H groups in total. The highest BCUT2D eigenvalue weighted by Gasteiger charge is 2.11. The van der Waals surface area contributed by atoms with Gasteiger partial charge >= 0.3 is 0 Å². The molecule has 0 aromatic carbocycles. The number of guanidine groups is 1. The molecule has 0 atom stereocenters. The van der Waals surface area contributed by atoms with E-state index in [-0.39, 0.29) is 24.0 Å². The van der Waals surface area contributed by atoms with E-state index in [4.69, 9.17) is 9.73 Å². The molecule has 27 heavy (non-hydrogen) atoms. The van der Waals surface area contributed by atoms with E-state index in [0.717, 1.165) is 63.5 Å². The molecule has 8 nitrogen and oxygen atoms in total. The average molecular weight is 493 g/mol. The van der Waals surface area contributed by atoms with Crippen LogP contribution in [0.5, 0.6) is 0 Å². The Morgan fingerprint density at radius 1 is 1.19 bits per heavy atom. The molecule has 0 unspecified atom stereocenters. The van der Waals surface area contributed by atoms with E-state index in [9.17, 15) is 0 Å². The zero-order valence-corrected chi connectivity index (χ0v) is 19.5. The van der Waals surface area contributed by atoms with Crippen LogP contribution in [0, 0.1) is 12.8 Å². The van der Waals surface area contributed by atoms with E-state index >= 15 is 0 Å². The molecular weight excluding hydrogens is 457 g/mol. The van der Waals surface area contributed by atoms with Crippen LogP contribution >= 0.6 is 24.0 Å². The maximum Gasteiger partial charge on any atom is 0.191 e. The van der Waals surface area contributed by atoms with Crippen LogP contribution in [0.2, 0.25) is 0 Å². The van der Waals surface area contributed by atoms with Gasteiger partial charge in [0.05, 0.1) is 13.2 Å². The summed E-state index contributed by atoms with van der Waals surface area (Å²) in [7, 11) is 1.98. The summed E-state index contributed by atoms with van der Waals surface area (Å²) in [4.78, 5) is 7.14. The highest BCUT2D eigenvalue weighted by molar-refractivity contribution is 14.0. The summed E-state index contributed by atoms with van der Waals surface area (Å²) in [6.45, 7) is 13.4. The van der Waals surface area contributed by atoms with Gasteiger partial charge in [-0.25, -0.2) is 4.99 Å². The Morgan fingerprint density at radius 2 is 1.89 bits per heavy atom. The molecule has 0 saturated carbocycles. The molecule has 2 heterocycles. The molecule has 0 amide bonds. The number of halogens is 1. The predicted molar refractivity (Wildman–Crippen MR) is 120 cm³/mol. The van der Waals surface area contributed by atoms with Gasteiger partial charge in [0.15, 0.2) is 11.8 Å². The number of aryl methyl sites for hydroxylation is 1. The molecular formula is C18H36IN7O.